The molecule has 1 aromatic carbocycles. The summed E-state index contributed by atoms with van der Waals surface area (Å²) in [5.41, 5.74) is 6.32. The summed E-state index contributed by atoms with van der Waals surface area (Å²) in [5.74, 6) is 0.0545. The Balaban J connectivity index is 2.30. The van der Waals surface area contributed by atoms with E-state index in [-0.39, 0.29) is 11.9 Å². The van der Waals surface area contributed by atoms with Gasteiger partial charge in [-0.1, -0.05) is 6.07 Å². The molecule has 0 spiro atoms. The van der Waals surface area contributed by atoms with E-state index in [0.717, 1.165) is 12.1 Å². The monoisotopic (exact) mass is 210 g/mol. The molecule has 1 aromatic rings. The Morgan fingerprint density at radius 1 is 1.60 bits per heavy atom. The van der Waals surface area contributed by atoms with Gasteiger partial charge in [-0.2, -0.15) is 0 Å². The highest BCUT2D eigenvalue weighted by molar-refractivity contribution is 5.60. The number of benzene rings is 1. The molecule has 1 atom stereocenters. The number of nitrogens with two attached hydrogens (primary N) is 1. The van der Waals surface area contributed by atoms with Crippen molar-refractivity contribution in [2.75, 3.05) is 25.1 Å². The standard InChI is InChI=1S/C11H15FN2O/c1-14-8(5-6-13)7-15-11-9(12)3-2-4-10(11)14/h2-4,8H,5-7,13H2,1H3. The molecule has 2 rings (SSSR count). The van der Waals surface area contributed by atoms with Crippen LogP contribution in [0.25, 0.3) is 0 Å². The molecule has 0 amide bonds. The number of anilines is 1. The average molecular weight is 210 g/mol. The summed E-state index contributed by atoms with van der Waals surface area (Å²) in [7, 11) is 1.95. The topological polar surface area (TPSA) is 38.5 Å². The summed E-state index contributed by atoms with van der Waals surface area (Å²) in [5, 5.41) is 0. The van der Waals surface area contributed by atoms with Gasteiger partial charge in [0, 0.05) is 7.05 Å². The second-order valence-corrected chi connectivity index (χ2v) is 3.74. The highest BCUT2D eigenvalue weighted by atomic mass is 19.1. The Bertz CT molecular complexity index is 356. The van der Waals surface area contributed by atoms with E-state index >= 15 is 0 Å². The molecule has 15 heavy (non-hydrogen) atoms. The second kappa shape index (κ2) is 4.06. The Morgan fingerprint density at radius 2 is 2.40 bits per heavy atom. The lowest BCUT2D eigenvalue weighted by Crippen LogP contribution is -2.41. The first-order chi connectivity index (χ1) is 7.24. The zero-order valence-corrected chi connectivity index (χ0v) is 8.74. The van der Waals surface area contributed by atoms with Crippen LogP contribution in [0.3, 0.4) is 0 Å². The van der Waals surface area contributed by atoms with E-state index in [1.54, 1.807) is 6.07 Å². The van der Waals surface area contributed by atoms with Crippen molar-refractivity contribution in [1.82, 2.24) is 0 Å². The molecular formula is C11H15FN2O. The summed E-state index contributed by atoms with van der Waals surface area (Å²) < 4.78 is 18.8. The normalized spacial score (nSPS) is 19.7. The largest absolute Gasteiger partial charge is 0.486 e. The number of fused-ring (bicyclic) bond motifs is 1. The fourth-order valence-electron chi connectivity index (χ4n) is 1.88. The molecule has 3 nitrogen and oxygen atoms in total. The number of hydrogen-bond acceptors (Lipinski definition) is 3. The molecule has 1 unspecified atom stereocenters. The van der Waals surface area contributed by atoms with Crippen molar-refractivity contribution in [1.29, 1.82) is 0 Å². The SMILES string of the molecule is CN1c2cccc(F)c2OCC1CCN. The molecule has 0 aromatic heterocycles. The van der Waals surface area contributed by atoms with Gasteiger partial charge in [-0.05, 0) is 25.1 Å². The summed E-state index contributed by atoms with van der Waals surface area (Å²) in [6.45, 7) is 1.12. The van der Waals surface area contributed by atoms with E-state index in [0.29, 0.717) is 18.9 Å². The Labute approximate surface area is 88.6 Å². The highest BCUT2D eigenvalue weighted by Gasteiger charge is 2.25. The first-order valence-electron chi connectivity index (χ1n) is 5.08. The maximum Gasteiger partial charge on any atom is 0.178 e. The molecule has 82 valence electrons. The molecule has 0 saturated carbocycles. The molecule has 0 radical (unpaired) electrons. The van der Waals surface area contributed by atoms with E-state index in [4.69, 9.17) is 10.5 Å². The lowest BCUT2D eigenvalue weighted by Gasteiger charge is -2.35. The summed E-state index contributed by atoms with van der Waals surface area (Å²) in [6, 6.07) is 5.21. The number of likely N-dealkylation sites (N-methyl/N-ethyl adjacent to an activating group) is 1. The van der Waals surface area contributed by atoms with Crippen molar-refractivity contribution < 1.29 is 9.13 Å². The van der Waals surface area contributed by atoms with Crippen molar-refractivity contribution >= 4 is 5.69 Å². The first kappa shape index (κ1) is 10.2. The molecule has 1 aliphatic heterocycles. The molecular weight excluding hydrogens is 195 g/mol. The van der Waals surface area contributed by atoms with Gasteiger partial charge in [0.25, 0.3) is 0 Å². The molecule has 1 heterocycles. The van der Waals surface area contributed by atoms with Crippen molar-refractivity contribution in [2.45, 2.75) is 12.5 Å². The Kier molecular flexibility index (Phi) is 2.77. The minimum atomic E-state index is -0.300. The number of nitrogens with zero attached hydrogens (tertiary/aromatic N) is 1. The predicted molar refractivity (Wildman–Crippen MR) is 57.8 cm³/mol. The minimum Gasteiger partial charge on any atom is -0.486 e. The quantitative estimate of drug-likeness (QED) is 0.801. The molecule has 1 aliphatic rings. The highest BCUT2D eigenvalue weighted by Crippen LogP contribution is 2.35. The van der Waals surface area contributed by atoms with E-state index in [1.165, 1.54) is 6.07 Å². The van der Waals surface area contributed by atoms with Gasteiger partial charge in [-0.15, -0.1) is 0 Å². The van der Waals surface area contributed by atoms with Gasteiger partial charge in [-0.3, -0.25) is 0 Å². The maximum absolute atomic E-state index is 13.4. The van der Waals surface area contributed by atoms with Crippen LogP contribution in [0.1, 0.15) is 6.42 Å². The van der Waals surface area contributed by atoms with Crippen LogP contribution in [0.15, 0.2) is 18.2 Å². The number of rotatable bonds is 2. The van der Waals surface area contributed by atoms with Crippen LogP contribution >= 0.6 is 0 Å². The number of ether oxygens (including phenoxy) is 1. The summed E-state index contributed by atoms with van der Waals surface area (Å²) in [4.78, 5) is 2.04. The van der Waals surface area contributed by atoms with Crippen LogP contribution in [0.4, 0.5) is 10.1 Å². The average Bonchev–Trinajstić information content (AvgIpc) is 2.23. The van der Waals surface area contributed by atoms with Gasteiger partial charge in [0.15, 0.2) is 11.6 Å². The van der Waals surface area contributed by atoms with Crippen LogP contribution in [-0.2, 0) is 0 Å². The van der Waals surface area contributed by atoms with Crippen LogP contribution in [0.5, 0.6) is 5.75 Å². The van der Waals surface area contributed by atoms with Crippen molar-refractivity contribution in [3.8, 4) is 5.75 Å². The fourth-order valence-corrected chi connectivity index (χ4v) is 1.88. The second-order valence-electron chi connectivity index (χ2n) is 3.74. The Morgan fingerprint density at radius 3 is 3.13 bits per heavy atom. The van der Waals surface area contributed by atoms with E-state index < -0.39 is 0 Å². The third-order valence-corrected chi connectivity index (χ3v) is 2.79. The molecule has 4 heteroatoms. The van der Waals surface area contributed by atoms with Gasteiger partial charge in [0.1, 0.15) is 6.61 Å². The number of hydrogen-bond donors (Lipinski definition) is 1. The number of para-hydroxylation sites is 1. The van der Waals surface area contributed by atoms with Crippen molar-refractivity contribution in [3.63, 3.8) is 0 Å². The zero-order valence-electron chi connectivity index (χ0n) is 8.74. The van der Waals surface area contributed by atoms with Crippen LogP contribution in [-0.4, -0.2) is 26.2 Å². The van der Waals surface area contributed by atoms with Crippen LogP contribution < -0.4 is 15.4 Å². The zero-order chi connectivity index (χ0) is 10.8. The lowest BCUT2D eigenvalue weighted by molar-refractivity contribution is 0.249. The van der Waals surface area contributed by atoms with Gasteiger partial charge in [0.2, 0.25) is 0 Å². The molecule has 2 N–H and O–H groups in total. The lowest BCUT2D eigenvalue weighted by atomic mass is 10.1. The summed E-state index contributed by atoms with van der Waals surface area (Å²) >= 11 is 0. The van der Waals surface area contributed by atoms with Crippen LogP contribution in [0.2, 0.25) is 0 Å². The first-order valence-corrected chi connectivity index (χ1v) is 5.08. The minimum absolute atomic E-state index is 0.240. The Hall–Kier alpha value is -1.29. The van der Waals surface area contributed by atoms with Crippen molar-refractivity contribution in [3.05, 3.63) is 24.0 Å². The van der Waals surface area contributed by atoms with E-state index in [2.05, 4.69) is 0 Å². The molecule has 0 bridgehead atoms. The molecule has 0 aliphatic carbocycles. The fraction of sp³-hybridized carbons (Fsp3) is 0.455. The third kappa shape index (κ3) is 1.77. The maximum atomic E-state index is 13.4. The van der Waals surface area contributed by atoms with Gasteiger partial charge in [-0.25, -0.2) is 4.39 Å². The van der Waals surface area contributed by atoms with Gasteiger partial charge >= 0.3 is 0 Å². The molecule has 0 saturated heterocycles. The van der Waals surface area contributed by atoms with Crippen molar-refractivity contribution in [2.24, 2.45) is 5.73 Å². The molecule has 0 fully saturated rings. The summed E-state index contributed by atoms with van der Waals surface area (Å²) in [6.07, 6.45) is 0.854. The van der Waals surface area contributed by atoms with Crippen LogP contribution in [0, 0.1) is 5.82 Å². The number of halogens is 1. The van der Waals surface area contributed by atoms with Gasteiger partial charge < -0.3 is 15.4 Å². The smallest absolute Gasteiger partial charge is 0.178 e. The predicted octanol–water partition coefficient (Wildman–Crippen LogP) is 1.37. The van der Waals surface area contributed by atoms with E-state index in [9.17, 15) is 4.39 Å². The van der Waals surface area contributed by atoms with Gasteiger partial charge in [0.05, 0.1) is 11.7 Å². The van der Waals surface area contributed by atoms with E-state index in [1.807, 2.05) is 18.0 Å². The third-order valence-electron chi connectivity index (χ3n) is 2.79.